The lowest BCUT2D eigenvalue weighted by Gasteiger charge is -1.94. The first-order valence-electron chi connectivity index (χ1n) is 3.69. The average Bonchev–Trinajstić information content (AvgIpc) is 2.48. The van der Waals surface area contributed by atoms with Crippen molar-refractivity contribution in [1.29, 1.82) is 0 Å². The number of carbonyl (C=O) groups is 1. The smallest absolute Gasteiger partial charge is 0.150 e. The van der Waals surface area contributed by atoms with Crippen molar-refractivity contribution in [2.45, 2.75) is 0 Å². The number of hydrogen-bond donors (Lipinski definition) is 0. The molecule has 0 fully saturated rings. The second-order valence-electron chi connectivity index (χ2n) is 2.67. The molecular weight excluding hydrogens is 152 g/mol. The summed E-state index contributed by atoms with van der Waals surface area (Å²) in [6.07, 6.45) is 2.56. The zero-order chi connectivity index (χ0) is 8.55. The van der Waals surface area contributed by atoms with Gasteiger partial charge in [-0.25, -0.2) is 0 Å². The number of aldehydes is 1. The minimum Gasteiger partial charge on any atom is -0.298 e. The SMILES string of the molecule is Cn1ncc2c(C=O)cccc21. The Balaban J connectivity index is 2.89. The molecule has 0 aliphatic heterocycles. The third kappa shape index (κ3) is 0.830. The van der Waals surface area contributed by atoms with Crippen LogP contribution in [0.1, 0.15) is 10.4 Å². The summed E-state index contributed by atoms with van der Waals surface area (Å²) in [6.45, 7) is 0. The number of aromatic nitrogens is 2. The van der Waals surface area contributed by atoms with Gasteiger partial charge >= 0.3 is 0 Å². The minimum atomic E-state index is 0.695. The van der Waals surface area contributed by atoms with E-state index in [2.05, 4.69) is 5.10 Å². The molecule has 0 unspecified atom stereocenters. The van der Waals surface area contributed by atoms with Crippen LogP contribution in [-0.2, 0) is 7.05 Å². The van der Waals surface area contributed by atoms with Gasteiger partial charge in [0.1, 0.15) is 0 Å². The molecule has 0 saturated carbocycles. The molecule has 60 valence electrons. The molecule has 0 N–H and O–H groups in total. The molecule has 0 saturated heterocycles. The topological polar surface area (TPSA) is 34.9 Å². The van der Waals surface area contributed by atoms with Gasteiger partial charge in [-0.15, -0.1) is 0 Å². The molecule has 0 amide bonds. The number of fused-ring (bicyclic) bond motifs is 1. The zero-order valence-electron chi connectivity index (χ0n) is 6.69. The van der Waals surface area contributed by atoms with E-state index in [4.69, 9.17) is 0 Å². The molecule has 1 heterocycles. The maximum Gasteiger partial charge on any atom is 0.150 e. The van der Waals surface area contributed by atoms with E-state index in [0.29, 0.717) is 5.56 Å². The number of nitrogens with zero attached hydrogens (tertiary/aromatic N) is 2. The van der Waals surface area contributed by atoms with Crippen molar-refractivity contribution < 1.29 is 4.79 Å². The molecule has 2 aromatic rings. The molecule has 0 aliphatic rings. The van der Waals surface area contributed by atoms with Gasteiger partial charge < -0.3 is 0 Å². The van der Waals surface area contributed by atoms with Crippen molar-refractivity contribution in [3.63, 3.8) is 0 Å². The second kappa shape index (κ2) is 2.44. The van der Waals surface area contributed by atoms with Gasteiger partial charge in [0.2, 0.25) is 0 Å². The van der Waals surface area contributed by atoms with Crippen molar-refractivity contribution in [2.24, 2.45) is 7.05 Å². The van der Waals surface area contributed by atoms with E-state index in [1.165, 1.54) is 0 Å². The number of hydrogen-bond acceptors (Lipinski definition) is 2. The van der Waals surface area contributed by atoms with Crippen LogP contribution in [0.4, 0.5) is 0 Å². The lowest BCUT2D eigenvalue weighted by atomic mass is 10.1. The molecule has 3 nitrogen and oxygen atoms in total. The van der Waals surface area contributed by atoms with Gasteiger partial charge in [0.25, 0.3) is 0 Å². The maximum absolute atomic E-state index is 10.6. The molecule has 3 heteroatoms. The molecule has 0 bridgehead atoms. The Labute approximate surface area is 69.6 Å². The van der Waals surface area contributed by atoms with Crippen LogP contribution < -0.4 is 0 Å². The van der Waals surface area contributed by atoms with Crippen LogP contribution in [0.15, 0.2) is 24.4 Å². The third-order valence-electron chi connectivity index (χ3n) is 1.95. The van der Waals surface area contributed by atoms with Gasteiger partial charge in [-0.2, -0.15) is 5.10 Å². The van der Waals surface area contributed by atoms with Crippen molar-refractivity contribution in [3.05, 3.63) is 30.0 Å². The predicted octanol–water partition coefficient (Wildman–Crippen LogP) is 1.39. The first-order chi connectivity index (χ1) is 5.83. The van der Waals surface area contributed by atoms with E-state index in [1.807, 2.05) is 19.2 Å². The van der Waals surface area contributed by atoms with E-state index >= 15 is 0 Å². The van der Waals surface area contributed by atoms with E-state index in [9.17, 15) is 4.79 Å². The fraction of sp³-hybridized carbons (Fsp3) is 0.111. The van der Waals surface area contributed by atoms with Crippen LogP contribution >= 0.6 is 0 Å². The largest absolute Gasteiger partial charge is 0.298 e. The molecule has 0 spiro atoms. The number of benzene rings is 1. The Hall–Kier alpha value is -1.64. The van der Waals surface area contributed by atoms with E-state index in [1.54, 1.807) is 16.9 Å². The molecule has 0 atom stereocenters. The summed E-state index contributed by atoms with van der Waals surface area (Å²) >= 11 is 0. The lowest BCUT2D eigenvalue weighted by Crippen LogP contribution is -1.88. The molecular formula is C9H8N2O. The number of aryl methyl sites for hydroxylation is 1. The quantitative estimate of drug-likeness (QED) is 0.591. The highest BCUT2D eigenvalue weighted by molar-refractivity contribution is 5.96. The Kier molecular flexibility index (Phi) is 1.43. The summed E-state index contributed by atoms with van der Waals surface area (Å²) in [6, 6.07) is 5.58. The van der Waals surface area contributed by atoms with Crippen LogP contribution in [0.2, 0.25) is 0 Å². The molecule has 0 radical (unpaired) electrons. The van der Waals surface area contributed by atoms with Crippen molar-refractivity contribution in [2.75, 3.05) is 0 Å². The first kappa shape index (κ1) is 7.03. The summed E-state index contributed by atoms with van der Waals surface area (Å²) < 4.78 is 1.75. The molecule has 1 aromatic carbocycles. The number of carbonyl (C=O) groups excluding carboxylic acids is 1. The fourth-order valence-electron chi connectivity index (χ4n) is 1.30. The second-order valence-corrected chi connectivity index (χ2v) is 2.67. The monoisotopic (exact) mass is 160 g/mol. The van der Waals surface area contributed by atoms with Crippen molar-refractivity contribution in [3.8, 4) is 0 Å². The first-order valence-corrected chi connectivity index (χ1v) is 3.69. The van der Waals surface area contributed by atoms with E-state index < -0.39 is 0 Å². The Morgan fingerprint density at radius 2 is 2.33 bits per heavy atom. The molecule has 2 rings (SSSR count). The lowest BCUT2D eigenvalue weighted by molar-refractivity contribution is 0.112. The van der Waals surface area contributed by atoms with E-state index in [0.717, 1.165) is 17.2 Å². The molecule has 12 heavy (non-hydrogen) atoms. The standard InChI is InChI=1S/C9H8N2O/c1-11-9-4-2-3-7(6-12)8(9)5-10-11/h2-6H,1H3. The normalized spacial score (nSPS) is 10.4. The van der Waals surface area contributed by atoms with Gasteiger partial charge in [-0.1, -0.05) is 12.1 Å². The van der Waals surface area contributed by atoms with Gasteiger partial charge in [0, 0.05) is 18.0 Å². The fourth-order valence-corrected chi connectivity index (χ4v) is 1.30. The highest BCUT2D eigenvalue weighted by atomic mass is 16.1. The zero-order valence-corrected chi connectivity index (χ0v) is 6.69. The maximum atomic E-state index is 10.6. The summed E-state index contributed by atoms with van der Waals surface area (Å²) in [5, 5.41) is 4.97. The van der Waals surface area contributed by atoms with Gasteiger partial charge in [0.05, 0.1) is 11.7 Å². The van der Waals surface area contributed by atoms with Crippen LogP contribution in [-0.4, -0.2) is 16.1 Å². The Morgan fingerprint density at radius 3 is 3.08 bits per heavy atom. The van der Waals surface area contributed by atoms with Crippen molar-refractivity contribution >= 4 is 17.2 Å². The van der Waals surface area contributed by atoms with Crippen molar-refractivity contribution in [1.82, 2.24) is 9.78 Å². The van der Waals surface area contributed by atoms with Crippen LogP contribution in [0, 0.1) is 0 Å². The minimum absolute atomic E-state index is 0.695. The molecule has 1 aromatic heterocycles. The third-order valence-corrected chi connectivity index (χ3v) is 1.95. The Morgan fingerprint density at radius 1 is 1.50 bits per heavy atom. The van der Waals surface area contributed by atoms with Crippen LogP contribution in [0.5, 0.6) is 0 Å². The van der Waals surface area contributed by atoms with Crippen LogP contribution in [0.3, 0.4) is 0 Å². The Bertz CT molecular complexity index is 431. The summed E-state index contributed by atoms with van der Waals surface area (Å²) in [4.78, 5) is 10.6. The average molecular weight is 160 g/mol. The van der Waals surface area contributed by atoms with Gasteiger partial charge in [0.15, 0.2) is 6.29 Å². The molecule has 0 aliphatic carbocycles. The predicted molar refractivity (Wildman–Crippen MR) is 46.1 cm³/mol. The summed E-state index contributed by atoms with van der Waals surface area (Å²) in [5.41, 5.74) is 1.68. The summed E-state index contributed by atoms with van der Waals surface area (Å²) in [7, 11) is 1.86. The van der Waals surface area contributed by atoms with Gasteiger partial charge in [-0.05, 0) is 6.07 Å². The highest BCUT2D eigenvalue weighted by Gasteiger charge is 2.02. The van der Waals surface area contributed by atoms with Crippen LogP contribution in [0.25, 0.3) is 10.9 Å². The highest BCUT2D eigenvalue weighted by Crippen LogP contribution is 2.15. The van der Waals surface area contributed by atoms with Gasteiger partial charge in [-0.3, -0.25) is 9.48 Å². The van der Waals surface area contributed by atoms with E-state index in [-0.39, 0.29) is 0 Å². The summed E-state index contributed by atoms with van der Waals surface area (Å²) in [5.74, 6) is 0. The number of rotatable bonds is 1.